The lowest BCUT2D eigenvalue weighted by molar-refractivity contribution is -0.275. The number of carbonyl (C=O) groups is 3. The number of primary amides is 1. The van der Waals surface area contributed by atoms with E-state index in [1.54, 1.807) is 6.07 Å². The first-order valence-electron chi connectivity index (χ1n) is 11.0. The topological polar surface area (TPSA) is 120 Å². The third-order valence-corrected chi connectivity index (χ3v) is 6.47. The number of benzene rings is 1. The van der Waals surface area contributed by atoms with E-state index in [9.17, 15) is 31.9 Å². The number of hydrogen-bond donors (Lipinski definition) is 1. The van der Waals surface area contributed by atoms with E-state index in [1.807, 2.05) is 0 Å². The third-order valence-electron chi connectivity index (χ3n) is 6.47. The Morgan fingerprint density at radius 2 is 1.94 bits per heavy atom. The molecule has 13 heteroatoms. The Hall–Kier alpha value is -4.03. The number of Topliss-reactive ketones (excluding diaryl/α,β-unsaturated/α-hetero) is 1. The molecule has 0 unspecified atom stereocenters. The molecule has 0 radical (unpaired) electrons. The first-order chi connectivity index (χ1) is 17.0. The largest absolute Gasteiger partial charge is 0.573 e. The first-order valence-corrected chi connectivity index (χ1v) is 11.0. The predicted molar refractivity (Wildman–Crippen MR) is 115 cm³/mol. The van der Waals surface area contributed by atoms with Gasteiger partial charge in [-0.25, -0.2) is 4.39 Å². The van der Waals surface area contributed by atoms with Crippen LogP contribution in [0.1, 0.15) is 28.9 Å². The van der Waals surface area contributed by atoms with Gasteiger partial charge in [-0.05, 0) is 36.5 Å². The van der Waals surface area contributed by atoms with Crippen LogP contribution < -0.4 is 10.5 Å². The number of halogens is 4. The maximum Gasteiger partial charge on any atom is 0.573 e. The summed E-state index contributed by atoms with van der Waals surface area (Å²) in [6.07, 6.45) is -1.60. The molecule has 188 valence electrons. The summed E-state index contributed by atoms with van der Waals surface area (Å²) in [6.45, 7) is -0.274. The van der Waals surface area contributed by atoms with E-state index in [0.29, 0.717) is 17.3 Å². The summed E-state index contributed by atoms with van der Waals surface area (Å²) < 4.78 is 57.2. The Balaban J connectivity index is 1.35. The second-order valence-corrected chi connectivity index (χ2v) is 8.80. The number of nitrogens with two attached hydrogens (primary N) is 1. The first kappa shape index (κ1) is 23.7. The molecule has 1 saturated carbocycles. The molecule has 2 N–H and O–H groups in total. The molecule has 1 saturated heterocycles. The van der Waals surface area contributed by atoms with Crippen LogP contribution in [0.3, 0.4) is 0 Å². The number of amides is 2. The van der Waals surface area contributed by atoms with Gasteiger partial charge in [-0.1, -0.05) is 12.1 Å². The zero-order valence-corrected chi connectivity index (χ0v) is 18.5. The van der Waals surface area contributed by atoms with Gasteiger partial charge in [-0.15, -0.1) is 13.2 Å². The highest BCUT2D eigenvalue weighted by Crippen LogP contribution is 2.48. The Bertz CT molecular complexity index is 1390. The van der Waals surface area contributed by atoms with Crippen LogP contribution in [0, 0.1) is 11.7 Å². The van der Waals surface area contributed by atoms with E-state index in [0.717, 1.165) is 18.6 Å². The molecule has 9 nitrogen and oxygen atoms in total. The lowest BCUT2D eigenvalue weighted by Gasteiger charge is -2.27. The molecular formula is C23H19F4N5O4. The molecule has 2 fully saturated rings. The standard InChI is InChI=1S/C23H19F4N5O4/c24-20-11(2-1-3-18(20)36-23(25,26)27)8-17(33)16-7-12-6-15(12)32(16)19(34)10-31-14-4-5-29-9-13(14)21(30-31)22(28)35/h1-5,9,12,15-16H,6-8,10H2,(H2,28,35)/t12-,15-,16+/m1/s1. The molecule has 3 aromatic rings. The number of ketones is 1. The van der Waals surface area contributed by atoms with Crippen molar-refractivity contribution in [3.63, 3.8) is 0 Å². The van der Waals surface area contributed by atoms with Crippen LogP contribution in [0.15, 0.2) is 36.7 Å². The molecule has 36 heavy (non-hydrogen) atoms. The van der Waals surface area contributed by atoms with Gasteiger partial charge in [0.2, 0.25) is 5.91 Å². The van der Waals surface area contributed by atoms with Crippen LogP contribution in [-0.2, 0) is 22.6 Å². The summed E-state index contributed by atoms with van der Waals surface area (Å²) >= 11 is 0. The fraction of sp³-hybridized carbons (Fsp3) is 0.348. The van der Waals surface area contributed by atoms with Crippen molar-refractivity contribution in [2.75, 3.05) is 0 Å². The molecule has 1 aliphatic carbocycles. The van der Waals surface area contributed by atoms with Gasteiger partial charge in [0.15, 0.2) is 23.0 Å². The van der Waals surface area contributed by atoms with Gasteiger partial charge < -0.3 is 15.4 Å². The number of hydrogen-bond acceptors (Lipinski definition) is 6. The Kier molecular flexibility index (Phi) is 5.64. The molecule has 3 atom stereocenters. The molecule has 2 aliphatic rings. The van der Waals surface area contributed by atoms with Crippen molar-refractivity contribution in [2.24, 2.45) is 11.7 Å². The number of aromatic nitrogens is 3. The summed E-state index contributed by atoms with van der Waals surface area (Å²) in [5.74, 6) is -3.89. The van der Waals surface area contributed by atoms with Gasteiger partial charge in [0.25, 0.3) is 5.91 Å². The summed E-state index contributed by atoms with van der Waals surface area (Å²) in [7, 11) is 0. The smallest absolute Gasteiger partial charge is 0.403 e. The molecule has 1 aliphatic heterocycles. The van der Waals surface area contributed by atoms with Gasteiger partial charge in [-0.2, -0.15) is 5.10 Å². The lowest BCUT2D eigenvalue weighted by Crippen LogP contribution is -2.45. The van der Waals surface area contributed by atoms with E-state index in [2.05, 4.69) is 14.8 Å². The van der Waals surface area contributed by atoms with Crippen LogP contribution in [0.25, 0.3) is 10.9 Å². The molecule has 0 bridgehead atoms. The monoisotopic (exact) mass is 505 g/mol. The van der Waals surface area contributed by atoms with E-state index < -0.39 is 48.0 Å². The number of likely N-dealkylation sites (tertiary alicyclic amines) is 1. The summed E-state index contributed by atoms with van der Waals surface area (Å²) in [5.41, 5.74) is 5.55. The normalized spacial score (nSPS) is 20.9. The van der Waals surface area contributed by atoms with Crippen LogP contribution in [0.4, 0.5) is 17.6 Å². The zero-order chi connectivity index (χ0) is 25.8. The Morgan fingerprint density at radius 1 is 1.17 bits per heavy atom. The number of piperidine rings is 1. The number of ether oxygens (including phenoxy) is 1. The molecule has 3 heterocycles. The van der Waals surface area contributed by atoms with E-state index in [4.69, 9.17) is 5.73 Å². The number of rotatable bonds is 7. The van der Waals surface area contributed by atoms with Crippen molar-refractivity contribution in [1.82, 2.24) is 19.7 Å². The number of alkyl halides is 3. The minimum Gasteiger partial charge on any atom is -0.403 e. The van der Waals surface area contributed by atoms with Gasteiger partial charge in [0.1, 0.15) is 6.54 Å². The molecule has 1 aromatic carbocycles. The van der Waals surface area contributed by atoms with Crippen LogP contribution in [0.2, 0.25) is 0 Å². The highest BCUT2D eigenvalue weighted by atomic mass is 19.4. The molecule has 0 spiro atoms. The number of pyridine rings is 1. The second kappa shape index (κ2) is 8.57. The quantitative estimate of drug-likeness (QED) is 0.493. The van der Waals surface area contributed by atoms with Crippen molar-refractivity contribution < 1.29 is 36.7 Å². The minimum absolute atomic E-state index is 0.0410. The van der Waals surface area contributed by atoms with Gasteiger partial charge in [0.05, 0.1) is 16.9 Å². The van der Waals surface area contributed by atoms with Crippen molar-refractivity contribution in [3.05, 3.63) is 53.7 Å². The second-order valence-electron chi connectivity index (χ2n) is 8.80. The molecule has 2 aromatic heterocycles. The predicted octanol–water partition coefficient (Wildman–Crippen LogP) is 2.37. The SMILES string of the molecule is NC(=O)c1nn(CC(=O)N2[C@@H]3C[C@@H]3C[C@H]2C(=O)Cc2cccc(OC(F)(F)F)c2F)c2ccncc12. The molecular weight excluding hydrogens is 486 g/mol. The number of fused-ring (bicyclic) bond motifs is 2. The number of nitrogens with zero attached hydrogens (tertiary/aromatic N) is 4. The van der Waals surface area contributed by atoms with E-state index >= 15 is 0 Å². The van der Waals surface area contributed by atoms with E-state index in [1.165, 1.54) is 28.0 Å². The van der Waals surface area contributed by atoms with Gasteiger partial charge in [0, 0.05) is 24.9 Å². The van der Waals surface area contributed by atoms with Crippen molar-refractivity contribution in [1.29, 1.82) is 0 Å². The molecule has 2 amide bonds. The maximum atomic E-state index is 14.6. The average Bonchev–Trinajstić information content (AvgIpc) is 3.31. The van der Waals surface area contributed by atoms with Gasteiger partial charge in [-0.3, -0.25) is 24.0 Å². The fourth-order valence-electron chi connectivity index (χ4n) is 4.84. The molecule has 5 rings (SSSR count). The number of carbonyl (C=O) groups excluding carboxylic acids is 3. The summed E-state index contributed by atoms with van der Waals surface area (Å²) in [6, 6.07) is 3.75. The Labute approximate surface area is 200 Å². The summed E-state index contributed by atoms with van der Waals surface area (Å²) in [4.78, 5) is 43.5. The maximum absolute atomic E-state index is 14.6. The Morgan fingerprint density at radius 3 is 2.67 bits per heavy atom. The van der Waals surface area contributed by atoms with E-state index in [-0.39, 0.29) is 29.8 Å². The van der Waals surface area contributed by atoms with Crippen molar-refractivity contribution in [2.45, 2.75) is 44.3 Å². The highest BCUT2D eigenvalue weighted by Gasteiger charge is 2.55. The van der Waals surface area contributed by atoms with Crippen molar-refractivity contribution >= 4 is 28.5 Å². The lowest BCUT2D eigenvalue weighted by atomic mass is 9.99. The average molecular weight is 505 g/mol. The summed E-state index contributed by atoms with van der Waals surface area (Å²) in [5, 5.41) is 4.52. The van der Waals surface area contributed by atoms with Crippen LogP contribution in [0.5, 0.6) is 5.75 Å². The third kappa shape index (κ3) is 4.36. The zero-order valence-electron chi connectivity index (χ0n) is 18.5. The van der Waals surface area contributed by atoms with Gasteiger partial charge >= 0.3 is 6.36 Å². The highest BCUT2D eigenvalue weighted by molar-refractivity contribution is 6.04. The minimum atomic E-state index is -5.08. The fourth-order valence-corrected chi connectivity index (χ4v) is 4.84. The van der Waals surface area contributed by atoms with Crippen molar-refractivity contribution in [3.8, 4) is 5.75 Å². The van der Waals surface area contributed by atoms with Crippen LogP contribution in [-0.4, -0.2) is 55.7 Å². The van der Waals surface area contributed by atoms with Crippen LogP contribution >= 0.6 is 0 Å².